The average Bonchev–Trinajstić information content (AvgIpc) is 2.71. The van der Waals surface area contributed by atoms with Crippen LogP contribution in [0.1, 0.15) is 42.2 Å². The van der Waals surface area contributed by atoms with Gasteiger partial charge in [0, 0.05) is 5.56 Å². The molecule has 6 heteroatoms. The summed E-state index contributed by atoms with van der Waals surface area (Å²) in [5, 5.41) is 3.13. The standard InChI is InChI=1S/C22H29NO5/c1-14(2)11-18(15-7-9-17(25-3)10-8-15)23-22(24)16-12-19(26-4)21(28-6)20(13-16)27-5/h7-10,12-14,18H,11H2,1-6H3,(H,23,24)/t18-/m1/s1. The highest BCUT2D eigenvalue weighted by Gasteiger charge is 2.21. The fourth-order valence-corrected chi connectivity index (χ4v) is 3.04. The second-order valence-corrected chi connectivity index (χ2v) is 6.84. The van der Waals surface area contributed by atoms with Gasteiger partial charge in [-0.3, -0.25) is 4.79 Å². The molecule has 0 heterocycles. The first-order chi connectivity index (χ1) is 13.4. The number of methoxy groups -OCH3 is 4. The Morgan fingerprint density at radius 2 is 1.46 bits per heavy atom. The molecule has 152 valence electrons. The van der Waals surface area contributed by atoms with Crippen LogP contribution in [0.15, 0.2) is 36.4 Å². The lowest BCUT2D eigenvalue weighted by Crippen LogP contribution is -2.29. The maximum absolute atomic E-state index is 13.0. The van der Waals surface area contributed by atoms with Crippen LogP contribution in [0.5, 0.6) is 23.0 Å². The van der Waals surface area contributed by atoms with Crippen LogP contribution in [0.3, 0.4) is 0 Å². The van der Waals surface area contributed by atoms with E-state index in [9.17, 15) is 4.79 Å². The minimum atomic E-state index is -0.208. The Hall–Kier alpha value is -2.89. The highest BCUT2D eigenvalue weighted by Crippen LogP contribution is 2.38. The number of benzene rings is 2. The molecule has 6 nitrogen and oxygen atoms in total. The van der Waals surface area contributed by atoms with Gasteiger partial charge in [-0.05, 0) is 42.2 Å². The van der Waals surface area contributed by atoms with Crippen molar-refractivity contribution >= 4 is 5.91 Å². The van der Waals surface area contributed by atoms with E-state index in [1.54, 1.807) is 19.2 Å². The van der Waals surface area contributed by atoms with Crippen LogP contribution in [0.4, 0.5) is 0 Å². The maximum atomic E-state index is 13.0. The van der Waals surface area contributed by atoms with Crippen LogP contribution in [0.25, 0.3) is 0 Å². The third kappa shape index (κ3) is 5.09. The van der Waals surface area contributed by atoms with Gasteiger partial charge in [-0.2, -0.15) is 0 Å². The van der Waals surface area contributed by atoms with Crippen LogP contribution in [-0.4, -0.2) is 34.3 Å². The van der Waals surface area contributed by atoms with Crippen LogP contribution in [-0.2, 0) is 0 Å². The molecule has 2 rings (SSSR count). The molecule has 28 heavy (non-hydrogen) atoms. The lowest BCUT2D eigenvalue weighted by Gasteiger charge is -2.22. The summed E-state index contributed by atoms with van der Waals surface area (Å²) in [6.07, 6.45) is 0.808. The monoisotopic (exact) mass is 387 g/mol. The van der Waals surface area contributed by atoms with Gasteiger partial charge in [0.05, 0.1) is 34.5 Å². The number of carbonyl (C=O) groups is 1. The molecule has 0 saturated heterocycles. The molecule has 1 atom stereocenters. The molecular formula is C22H29NO5. The van der Waals surface area contributed by atoms with Gasteiger partial charge < -0.3 is 24.3 Å². The first-order valence-electron chi connectivity index (χ1n) is 9.18. The number of hydrogen-bond acceptors (Lipinski definition) is 5. The van der Waals surface area contributed by atoms with Gasteiger partial charge in [-0.25, -0.2) is 0 Å². The summed E-state index contributed by atoms with van der Waals surface area (Å²) in [4.78, 5) is 13.0. The van der Waals surface area contributed by atoms with Gasteiger partial charge in [0.15, 0.2) is 11.5 Å². The third-order valence-corrected chi connectivity index (χ3v) is 4.46. The zero-order chi connectivity index (χ0) is 20.7. The SMILES string of the molecule is COc1ccc([C@@H](CC(C)C)NC(=O)c2cc(OC)c(OC)c(OC)c2)cc1. The zero-order valence-electron chi connectivity index (χ0n) is 17.4. The Bertz CT molecular complexity index is 761. The maximum Gasteiger partial charge on any atom is 0.252 e. The molecular weight excluding hydrogens is 358 g/mol. The summed E-state index contributed by atoms with van der Waals surface area (Å²) >= 11 is 0. The van der Waals surface area contributed by atoms with Gasteiger partial charge in [-0.15, -0.1) is 0 Å². The van der Waals surface area contributed by atoms with Crippen molar-refractivity contribution in [2.75, 3.05) is 28.4 Å². The highest BCUT2D eigenvalue weighted by atomic mass is 16.5. The second kappa shape index (κ2) is 9.88. The number of ether oxygens (including phenoxy) is 4. The topological polar surface area (TPSA) is 66.0 Å². The summed E-state index contributed by atoms with van der Waals surface area (Å²) in [5.74, 6) is 2.32. The van der Waals surface area contributed by atoms with Crippen LogP contribution < -0.4 is 24.3 Å². The summed E-state index contributed by atoms with van der Waals surface area (Å²) in [6, 6.07) is 10.9. The fraction of sp³-hybridized carbons (Fsp3) is 0.409. The smallest absolute Gasteiger partial charge is 0.252 e. The molecule has 0 aliphatic carbocycles. The van der Waals surface area contributed by atoms with Crippen LogP contribution in [0.2, 0.25) is 0 Å². The molecule has 0 spiro atoms. The van der Waals surface area contributed by atoms with Gasteiger partial charge in [0.1, 0.15) is 5.75 Å². The number of rotatable bonds is 9. The number of carbonyl (C=O) groups excluding carboxylic acids is 1. The van der Waals surface area contributed by atoms with E-state index in [-0.39, 0.29) is 11.9 Å². The minimum Gasteiger partial charge on any atom is -0.497 e. The Labute approximate surface area is 166 Å². The van der Waals surface area contributed by atoms with E-state index in [0.717, 1.165) is 17.7 Å². The van der Waals surface area contributed by atoms with Crippen molar-refractivity contribution in [2.24, 2.45) is 5.92 Å². The molecule has 0 aromatic heterocycles. The molecule has 0 aliphatic rings. The first kappa shape index (κ1) is 21.4. The predicted molar refractivity (Wildman–Crippen MR) is 109 cm³/mol. The second-order valence-electron chi connectivity index (χ2n) is 6.84. The van der Waals surface area contributed by atoms with Gasteiger partial charge >= 0.3 is 0 Å². The fourth-order valence-electron chi connectivity index (χ4n) is 3.04. The number of amides is 1. The number of nitrogens with one attached hydrogen (secondary N) is 1. The molecule has 0 unspecified atom stereocenters. The first-order valence-corrected chi connectivity index (χ1v) is 9.18. The van der Waals surface area contributed by atoms with Crippen molar-refractivity contribution in [3.8, 4) is 23.0 Å². The van der Waals surface area contributed by atoms with Crippen molar-refractivity contribution in [1.29, 1.82) is 0 Å². The Morgan fingerprint density at radius 1 is 0.893 bits per heavy atom. The van der Waals surface area contributed by atoms with E-state index >= 15 is 0 Å². The summed E-state index contributed by atoms with van der Waals surface area (Å²) < 4.78 is 21.3. The van der Waals surface area contributed by atoms with E-state index < -0.39 is 0 Å². The summed E-state index contributed by atoms with van der Waals surface area (Å²) in [6.45, 7) is 4.25. The Morgan fingerprint density at radius 3 is 1.89 bits per heavy atom. The van der Waals surface area contributed by atoms with E-state index in [2.05, 4.69) is 19.2 Å². The molecule has 0 saturated carbocycles. The molecule has 0 aliphatic heterocycles. The highest BCUT2D eigenvalue weighted by molar-refractivity contribution is 5.96. The molecule has 0 bridgehead atoms. The molecule has 1 N–H and O–H groups in total. The van der Waals surface area contributed by atoms with Crippen LogP contribution in [0, 0.1) is 5.92 Å². The van der Waals surface area contributed by atoms with Gasteiger partial charge in [0.2, 0.25) is 5.75 Å². The lowest BCUT2D eigenvalue weighted by molar-refractivity contribution is 0.0931. The molecule has 0 fully saturated rings. The van der Waals surface area contributed by atoms with E-state index in [1.807, 2.05) is 24.3 Å². The van der Waals surface area contributed by atoms with Gasteiger partial charge in [0.25, 0.3) is 5.91 Å². The van der Waals surface area contributed by atoms with Crippen molar-refractivity contribution in [3.05, 3.63) is 47.5 Å². The Kier molecular flexibility index (Phi) is 7.55. The van der Waals surface area contributed by atoms with Crippen molar-refractivity contribution in [1.82, 2.24) is 5.32 Å². The minimum absolute atomic E-state index is 0.127. The van der Waals surface area contributed by atoms with Crippen molar-refractivity contribution in [3.63, 3.8) is 0 Å². The quantitative estimate of drug-likeness (QED) is 0.697. The molecule has 0 radical (unpaired) electrons. The van der Waals surface area contributed by atoms with Crippen molar-refractivity contribution < 1.29 is 23.7 Å². The third-order valence-electron chi connectivity index (χ3n) is 4.46. The Balaban J connectivity index is 2.32. The summed E-state index contributed by atoms with van der Waals surface area (Å²) in [5.41, 5.74) is 1.46. The molecule has 1 amide bonds. The van der Waals surface area contributed by atoms with E-state index in [0.29, 0.717) is 28.7 Å². The van der Waals surface area contributed by atoms with E-state index in [1.165, 1.54) is 21.3 Å². The molecule has 2 aromatic rings. The normalized spacial score (nSPS) is 11.7. The van der Waals surface area contributed by atoms with E-state index in [4.69, 9.17) is 18.9 Å². The molecule has 2 aromatic carbocycles. The number of hydrogen-bond donors (Lipinski definition) is 1. The predicted octanol–water partition coefficient (Wildman–Crippen LogP) is 4.24. The lowest BCUT2D eigenvalue weighted by atomic mass is 9.96. The largest absolute Gasteiger partial charge is 0.497 e. The average molecular weight is 387 g/mol. The zero-order valence-corrected chi connectivity index (χ0v) is 17.4. The summed E-state index contributed by atoms with van der Waals surface area (Å²) in [7, 11) is 6.21. The van der Waals surface area contributed by atoms with Crippen LogP contribution >= 0.6 is 0 Å². The van der Waals surface area contributed by atoms with Gasteiger partial charge in [-0.1, -0.05) is 26.0 Å². The van der Waals surface area contributed by atoms with Crippen molar-refractivity contribution in [2.45, 2.75) is 26.3 Å².